The molecule has 2 heterocycles. The standard InChI is InChI=1S/C19H24F2N5O2PS/c1-4-7-30(28,29)26-14-6-5-13(20)15(16(14)21)19(27)23-11-8-12-17(10(2)3)24-25-18(12)22-9-11/h5-6,8-10,30H,4,7,29H2,1-3H3,(H,23,27)(H,26,28)(H,22,24,25). The molecule has 162 valence electrons. The van der Waals surface area contributed by atoms with Crippen LogP contribution >= 0.6 is 8.44 Å². The number of nitrogens with one attached hydrogen (secondary N) is 3. The Morgan fingerprint density at radius 1 is 1.33 bits per heavy atom. The lowest BCUT2D eigenvalue weighted by Crippen LogP contribution is -2.21. The zero-order valence-electron chi connectivity index (χ0n) is 16.8. The molecule has 0 saturated carbocycles. The zero-order chi connectivity index (χ0) is 22.1. The maximum absolute atomic E-state index is 14.9. The normalized spacial score (nSPS) is 12.4. The number of halogens is 2. The second-order valence-electron chi connectivity index (χ2n) is 7.25. The van der Waals surface area contributed by atoms with E-state index in [4.69, 9.17) is 0 Å². The van der Waals surface area contributed by atoms with Crippen LogP contribution in [0, 0.1) is 11.6 Å². The van der Waals surface area contributed by atoms with Crippen molar-refractivity contribution in [2.75, 3.05) is 15.8 Å². The highest BCUT2D eigenvalue weighted by molar-refractivity contribution is 8.46. The van der Waals surface area contributed by atoms with Crippen molar-refractivity contribution in [3.8, 4) is 0 Å². The third-order valence-corrected chi connectivity index (χ3v) is 7.33. The van der Waals surface area contributed by atoms with Gasteiger partial charge in [0.15, 0.2) is 11.5 Å². The first kappa shape index (κ1) is 22.2. The smallest absolute Gasteiger partial charge is 0.261 e. The Balaban J connectivity index is 1.92. The summed E-state index contributed by atoms with van der Waals surface area (Å²) in [7, 11) is -0.776. The largest absolute Gasteiger partial charge is 0.322 e. The summed E-state index contributed by atoms with van der Waals surface area (Å²) in [5.74, 6) is -2.67. The van der Waals surface area contributed by atoms with Crippen LogP contribution in [-0.2, 0) is 9.74 Å². The van der Waals surface area contributed by atoms with Crippen LogP contribution in [0.4, 0.5) is 20.2 Å². The molecule has 3 rings (SSSR count). The molecular weight excluding hydrogens is 431 g/mol. The molecule has 1 amide bonds. The average molecular weight is 455 g/mol. The van der Waals surface area contributed by atoms with Gasteiger partial charge in [-0.05, 0) is 48.7 Å². The zero-order valence-corrected chi connectivity index (χ0v) is 18.8. The Hall–Kier alpha value is -2.45. The molecule has 2 aromatic heterocycles. The Morgan fingerprint density at radius 3 is 2.73 bits per heavy atom. The van der Waals surface area contributed by atoms with Gasteiger partial charge in [0, 0.05) is 11.1 Å². The second-order valence-corrected chi connectivity index (χ2v) is 12.0. The van der Waals surface area contributed by atoms with Gasteiger partial charge in [0.1, 0.15) is 11.4 Å². The van der Waals surface area contributed by atoms with Gasteiger partial charge >= 0.3 is 0 Å². The van der Waals surface area contributed by atoms with Crippen molar-refractivity contribution in [3.63, 3.8) is 0 Å². The first-order chi connectivity index (χ1) is 14.1. The van der Waals surface area contributed by atoms with E-state index in [9.17, 15) is 17.8 Å². The van der Waals surface area contributed by atoms with Gasteiger partial charge in [-0.15, -0.1) is 0 Å². The number of carbonyl (C=O) groups is 1. The lowest BCUT2D eigenvalue weighted by molar-refractivity contribution is 0.101. The summed E-state index contributed by atoms with van der Waals surface area (Å²) in [4.78, 5) is 16.8. The summed E-state index contributed by atoms with van der Waals surface area (Å²) < 4.78 is 44.2. The first-order valence-electron chi connectivity index (χ1n) is 9.42. The number of aromatic nitrogens is 3. The van der Waals surface area contributed by atoms with Crippen molar-refractivity contribution in [2.45, 2.75) is 33.1 Å². The van der Waals surface area contributed by atoms with Gasteiger partial charge in [-0.25, -0.2) is 13.8 Å². The SMILES string of the molecule is CCC[SH](=O)(P)Nc1ccc(F)c(C(=O)Nc2cnc3[nH]nc(C(C)C)c3c2)c1F. The molecule has 1 unspecified atom stereocenters. The number of carbonyl (C=O) groups excluding carboxylic acids is 1. The van der Waals surface area contributed by atoms with Gasteiger partial charge in [0.05, 0.1) is 23.3 Å². The number of thiol groups is 1. The minimum absolute atomic E-state index is 0.120. The number of H-pyrrole nitrogens is 1. The maximum Gasteiger partial charge on any atom is 0.261 e. The molecule has 0 aliphatic heterocycles. The Labute approximate surface area is 175 Å². The molecule has 3 N–H and O–H groups in total. The minimum Gasteiger partial charge on any atom is -0.322 e. The number of aromatic amines is 1. The number of benzene rings is 1. The number of pyridine rings is 1. The molecule has 0 bridgehead atoms. The van der Waals surface area contributed by atoms with E-state index >= 15 is 0 Å². The van der Waals surface area contributed by atoms with Crippen LogP contribution in [0.1, 0.15) is 49.2 Å². The van der Waals surface area contributed by atoms with Gasteiger partial charge in [0.25, 0.3) is 5.91 Å². The molecule has 30 heavy (non-hydrogen) atoms. The first-order valence-corrected chi connectivity index (χ1v) is 12.9. The van der Waals surface area contributed by atoms with Gasteiger partial charge in [-0.2, -0.15) is 5.10 Å². The van der Waals surface area contributed by atoms with Gasteiger partial charge < -0.3 is 10.0 Å². The van der Waals surface area contributed by atoms with E-state index in [0.717, 1.165) is 17.8 Å². The van der Waals surface area contributed by atoms with E-state index in [1.807, 2.05) is 20.8 Å². The van der Waals surface area contributed by atoms with E-state index < -0.39 is 32.8 Å². The van der Waals surface area contributed by atoms with Crippen molar-refractivity contribution in [1.29, 1.82) is 0 Å². The molecule has 0 fully saturated rings. The van der Waals surface area contributed by atoms with Crippen LogP contribution in [0.15, 0.2) is 24.4 Å². The third kappa shape index (κ3) is 4.65. The molecule has 11 heteroatoms. The fourth-order valence-electron chi connectivity index (χ4n) is 3.06. The lowest BCUT2D eigenvalue weighted by Gasteiger charge is -2.22. The molecular formula is C19H24F2N5O2PS. The predicted molar refractivity (Wildman–Crippen MR) is 120 cm³/mol. The highest BCUT2D eigenvalue weighted by atomic mass is 32.8. The van der Waals surface area contributed by atoms with Crippen LogP contribution in [0.2, 0.25) is 0 Å². The summed E-state index contributed by atoms with van der Waals surface area (Å²) in [5.41, 5.74) is 0.629. The third-order valence-electron chi connectivity index (χ3n) is 4.43. The molecule has 0 spiro atoms. The predicted octanol–water partition coefficient (Wildman–Crippen LogP) is 4.16. The molecule has 1 aromatic carbocycles. The van der Waals surface area contributed by atoms with Gasteiger partial charge in [-0.3, -0.25) is 14.1 Å². The summed E-state index contributed by atoms with van der Waals surface area (Å²) in [6.07, 6.45) is 1.99. The topological polar surface area (TPSA) is 99.8 Å². The van der Waals surface area contributed by atoms with Crippen molar-refractivity contribution in [3.05, 3.63) is 47.3 Å². The number of rotatable bonds is 7. The van der Waals surface area contributed by atoms with E-state index in [-0.39, 0.29) is 17.3 Å². The minimum atomic E-state index is -2.96. The molecule has 0 aliphatic rings. The molecule has 1 atom stereocenters. The van der Waals surface area contributed by atoms with E-state index in [1.165, 1.54) is 6.20 Å². The molecule has 0 aliphatic carbocycles. The summed E-state index contributed by atoms with van der Waals surface area (Å²) in [5, 5.41) is 10.2. The summed E-state index contributed by atoms with van der Waals surface area (Å²) in [6.45, 7) is 5.77. The summed E-state index contributed by atoms with van der Waals surface area (Å²) in [6, 6.07) is 3.74. The van der Waals surface area contributed by atoms with E-state index in [0.29, 0.717) is 23.2 Å². The Morgan fingerprint density at radius 2 is 2.07 bits per heavy atom. The highest BCUT2D eigenvalue weighted by Gasteiger charge is 2.23. The molecule has 3 aromatic rings. The maximum atomic E-state index is 14.9. The fraction of sp³-hybridized carbons (Fsp3) is 0.316. The number of anilines is 2. The van der Waals surface area contributed by atoms with Gasteiger partial charge in [0.2, 0.25) is 0 Å². The molecule has 0 radical (unpaired) electrons. The highest BCUT2D eigenvalue weighted by Crippen LogP contribution is 2.28. The van der Waals surface area contributed by atoms with Crippen LogP contribution in [0.5, 0.6) is 0 Å². The van der Waals surface area contributed by atoms with Gasteiger partial charge in [-0.1, -0.05) is 20.8 Å². The monoisotopic (exact) mass is 455 g/mol. The number of fused-ring (bicyclic) bond motifs is 1. The summed E-state index contributed by atoms with van der Waals surface area (Å²) >= 11 is 0. The van der Waals surface area contributed by atoms with Crippen LogP contribution in [-0.4, -0.2) is 31.1 Å². The second kappa shape index (κ2) is 8.73. The van der Waals surface area contributed by atoms with Crippen molar-refractivity contribution in [2.24, 2.45) is 0 Å². The number of amides is 1. The van der Waals surface area contributed by atoms with Crippen molar-refractivity contribution in [1.82, 2.24) is 15.2 Å². The Bertz CT molecular complexity index is 1150. The van der Waals surface area contributed by atoms with Crippen LogP contribution in [0.25, 0.3) is 11.0 Å². The number of hydrogen-bond acceptors (Lipinski definition) is 4. The average Bonchev–Trinajstić information content (AvgIpc) is 3.07. The molecule has 7 nitrogen and oxygen atoms in total. The van der Waals surface area contributed by atoms with Crippen molar-refractivity contribution < 1.29 is 17.8 Å². The van der Waals surface area contributed by atoms with Crippen LogP contribution < -0.4 is 10.0 Å². The lowest BCUT2D eigenvalue weighted by atomic mass is 10.1. The van der Waals surface area contributed by atoms with Crippen LogP contribution in [0.3, 0.4) is 0 Å². The number of nitrogens with zero attached hydrogens (tertiary/aromatic N) is 2. The van der Waals surface area contributed by atoms with E-state index in [1.54, 1.807) is 6.07 Å². The quantitative estimate of drug-likeness (QED) is 0.318. The molecule has 0 saturated heterocycles. The van der Waals surface area contributed by atoms with Crippen molar-refractivity contribution >= 4 is 46.5 Å². The fourth-order valence-corrected chi connectivity index (χ4v) is 5.61. The van der Waals surface area contributed by atoms with E-state index in [2.05, 4.69) is 33.7 Å². The Kier molecular flexibility index (Phi) is 6.47. The number of hydrogen-bond donors (Lipinski definition) is 4.